The Balaban J connectivity index is 1.42. The second-order valence-electron chi connectivity index (χ2n) is 11.0. The van der Waals surface area contributed by atoms with Crippen molar-refractivity contribution >= 4 is 33.2 Å². The molecule has 0 aromatic heterocycles. The molecule has 0 aliphatic carbocycles. The Morgan fingerprint density at radius 2 is 1.55 bits per heavy atom. The highest BCUT2D eigenvalue weighted by molar-refractivity contribution is 7.89. The summed E-state index contributed by atoms with van der Waals surface area (Å²) in [6.45, 7) is 5.80. The lowest BCUT2D eigenvalue weighted by molar-refractivity contribution is -0.140. The highest BCUT2D eigenvalue weighted by Gasteiger charge is 2.44. The number of rotatable bonds is 5. The van der Waals surface area contributed by atoms with Crippen molar-refractivity contribution in [2.24, 2.45) is 5.92 Å². The van der Waals surface area contributed by atoms with E-state index in [0.29, 0.717) is 37.6 Å². The first-order chi connectivity index (χ1) is 19.9. The van der Waals surface area contributed by atoms with Crippen LogP contribution in [-0.4, -0.2) is 62.8 Å². The topological polar surface area (TPSA) is 60.9 Å². The minimum absolute atomic E-state index is 0.0130. The average Bonchev–Trinajstić information content (AvgIpc) is 2.98. The van der Waals surface area contributed by atoms with Crippen LogP contribution in [0, 0.1) is 19.8 Å². The summed E-state index contributed by atoms with van der Waals surface area (Å²) in [6.07, 6.45) is -4.52. The fourth-order valence-corrected chi connectivity index (χ4v) is 8.02. The van der Waals surface area contributed by atoms with Crippen LogP contribution in [0.3, 0.4) is 0 Å². The zero-order valence-corrected chi connectivity index (χ0v) is 25.0. The Bertz CT molecular complexity index is 1570. The number of nitrogens with zero attached hydrogens (tertiary/aromatic N) is 3. The van der Waals surface area contributed by atoms with E-state index in [9.17, 15) is 26.4 Å². The lowest BCUT2D eigenvalue weighted by atomic mass is 9.78. The fraction of sp³-hybridized carbons (Fsp3) is 0.387. The number of halogens is 4. The van der Waals surface area contributed by atoms with Gasteiger partial charge in [0.15, 0.2) is 0 Å². The van der Waals surface area contributed by atoms with E-state index in [2.05, 4.69) is 4.90 Å². The van der Waals surface area contributed by atoms with E-state index in [4.69, 9.17) is 11.6 Å². The molecule has 2 unspecified atom stereocenters. The standard InChI is InChI=1S/C31H33ClF3N3O3S/c1-21-7-3-4-8-24(21)25-13-14-38(42(40,41)29-10-6-5-9-27(29)31(33,34)35)20-26(25)30(39)37-17-15-36(16-18-37)28-19-23(32)12-11-22(28)2/h3-12,19,25-26H,13-18,20H2,1-2H3. The summed E-state index contributed by atoms with van der Waals surface area (Å²) in [4.78, 5) is 17.3. The molecule has 224 valence electrons. The number of carbonyl (C=O) groups is 1. The fourth-order valence-electron chi connectivity index (χ4n) is 6.16. The molecule has 0 N–H and O–H groups in total. The van der Waals surface area contributed by atoms with Crippen LogP contribution < -0.4 is 4.90 Å². The Hall–Kier alpha value is -3.08. The average molecular weight is 620 g/mol. The zero-order valence-electron chi connectivity index (χ0n) is 23.4. The van der Waals surface area contributed by atoms with Crippen molar-refractivity contribution in [1.29, 1.82) is 0 Å². The third-order valence-corrected chi connectivity index (χ3v) is 10.6. The molecule has 3 aromatic carbocycles. The molecular weight excluding hydrogens is 587 g/mol. The van der Waals surface area contributed by atoms with E-state index in [1.165, 1.54) is 12.1 Å². The first-order valence-electron chi connectivity index (χ1n) is 13.9. The molecule has 2 fully saturated rings. The number of hydrogen-bond acceptors (Lipinski definition) is 4. The lowest BCUT2D eigenvalue weighted by Crippen LogP contribution is -2.54. The monoisotopic (exact) mass is 619 g/mol. The van der Waals surface area contributed by atoms with E-state index >= 15 is 0 Å². The molecule has 42 heavy (non-hydrogen) atoms. The van der Waals surface area contributed by atoms with Crippen LogP contribution in [0.25, 0.3) is 0 Å². The molecule has 2 atom stereocenters. The van der Waals surface area contributed by atoms with Crippen LogP contribution in [0.4, 0.5) is 18.9 Å². The van der Waals surface area contributed by atoms with E-state index in [0.717, 1.165) is 38.8 Å². The summed E-state index contributed by atoms with van der Waals surface area (Å²) in [7, 11) is -4.52. The number of alkyl halides is 3. The highest BCUT2D eigenvalue weighted by Crippen LogP contribution is 2.40. The first kappa shape index (κ1) is 30.4. The third-order valence-electron chi connectivity index (χ3n) is 8.39. The van der Waals surface area contributed by atoms with Crippen molar-refractivity contribution in [3.63, 3.8) is 0 Å². The molecule has 11 heteroatoms. The van der Waals surface area contributed by atoms with E-state index in [-0.39, 0.29) is 24.9 Å². The molecule has 2 aliphatic heterocycles. The maximum atomic E-state index is 14.1. The van der Waals surface area contributed by atoms with Gasteiger partial charge in [-0.3, -0.25) is 4.79 Å². The molecule has 2 saturated heterocycles. The van der Waals surface area contributed by atoms with Gasteiger partial charge in [-0.05, 0) is 67.1 Å². The quantitative estimate of drug-likeness (QED) is 0.345. The van der Waals surface area contributed by atoms with Crippen molar-refractivity contribution in [3.8, 4) is 0 Å². The number of carbonyl (C=O) groups excluding carboxylic acids is 1. The molecule has 5 rings (SSSR count). The first-order valence-corrected chi connectivity index (χ1v) is 15.7. The minimum Gasteiger partial charge on any atom is -0.368 e. The van der Waals surface area contributed by atoms with Crippen molar-refractivity contribution < 1.29 is 26.4 Å². The van der Waals surface area contributed by atoms with Gasteiger partial charge in [0, 0.05) is 50.0 Å². The normalized spacial score (nSPS) is 20.5. The molecule has 6 nitrogen and oxygen atoms in total. The van der Waals surface area contributed by atoms with Gasteiger partial charge in [0.1, 0.15) is 0 Å². The summed E-state index contributed by atoms with van der Waals surface area (Å²) >= 11 is 6.23. The van der Waals surface area contributed by atoms with Crippen LogP contribution in [0.1, 0.15) is 34.6 Å². The molecule has 0 radical (unpaired) electrons. The third kappa shape index (κ3) is 6.02. The SMILES string of the molecule is Cc1ccccc1C1CCN(S(=O)(=O)c2ccccc2C(F)(F)F)CC1C(=O)N1CCN(c2cc(Cl)ccc2C)CC1. The van der Waals surface area contributed by atoms with Gasteiger partial charge >= 0.3 is 6.18 Å². The number of piperazine rings is 1. The Morgan fingerprint density at radius 1 is 0.881 bits per heavy atom. The smallest absolute Gasteiger partial charge is 0.368 e. The minimum atomic E-state index is -4.83. The van der Waals surface area contributed by atoms with E-state index < -0.39 is 32.6 Å². The van der Waals surface area contributed by atoms with Gasteiger partial charge < -0.3 is 9.80 Å². The van der Waals surface area contributed by atoms with Gasteiger partial charge in [0.05, 0.1) is 16.4 Å². The van der Waals surface area contributed by atoms with Crippen molar-refractivity contribution in [2.75, 3.05) is 44.2 Å². The Kier molecular flexibility index (Phi) is 8.60. The number of anilines is 1. The highest BCUT2D eigenvalue weighted by atomic mass is 35.5. The number of aryl methyl sites for hydroxylation is 2. The van der Waals surface area contributed by atoms with Crippen LogP contribution in [-0.2, 0) is 21.0 Å². The number of piperidine rings is 1. The van der Waals surface area contributed by atoms with Gasteiger partial charge in [-0.15, -0.1) is 0 Å². The molecule has 1 amide bonds. The van der Waals surface area contributed by atoms with Crippen molar-refractivity contribution in [3.05, 3.63) is 94.0 Å². The molecular formula is C31H33ClF3N3O3S. The maximum Gasteiger partial charge on any atom is 0.417 e. The summed E-state index contributed by atoms with van der Waals surface area (Å²) < 4.78 is 69.7. The molecule has 2 heterocycles. The zero-order chi connectivity index (χ0) is 30.2. The maximum absolute atomic E-state index is 14.1. The predicted molar refractivity (Wildman–Crippen MR) is 157 cm³/mol. The van der Waals surface area contributed by atoms with Crippen molar-refractivity contribution in [2.45, 2.75) is 37.3 Å². The van der Waals surface area contributed by atoms with Gasteiger partial charge in [-0.1, -0.05) is 54.1 Å². The summed E-state index contributed by atoms with van der Waals surface area (Å²) in [5.41, 5.74) is 2.81. The summed E-state index contributed by atoms with van der Waals surface area (Å²) in [5.74, 6) is -1.20. The van der Waals surface area contributed by atoms with Crippen LogP contribution >= 0.6 is 11.6 Å². The second kappa shape index (κ2) is 11.9. The van der Waals surface area contributed by atoms with E-state index in [1.807, 2.05) is 56.3 Å². The Morgan fingerprint density at radius 3 is 2.24 bits per heavy atom. The Labute approximate surface area is 249 Å². The molecule has 0 bridgehead atoms. The van der Waals surface area contributed by atoms with Crippen molar-refractivity contribution in [1.82, 2.24) is 9.21 Å². The molecule has 3 aromatic rings. The number of sulfonamides is 1. The predicted octanol–water partition coefficient (Wildman–Crippen LogP) is 6.12. The summed E-state index contributed by atoms with van der Waals surface area (Å²) in [6, 6.07) is 17.6. The number of amides is 1. The number of benzene rings is 3. The largest absolute Gasteiger partial charge is 0.417 e. The second-order valence-corrected chi connectivity index (χ2v) is 13.3. The van der Waals surface area contributed by atoms with Gasteiger partial charge in [0.2, 0.25) is 15.9 Å². The lowest BCUT2D eigenvalue weighted by Gasteiger charge is -2.42. The van der Waals surface area contributed by atoms with Gasteiger partial charge in [-0.2, -0.15) is 17.5 Å². The number of hydrogen-bond donors (Lipinski definition) is 0. The van der Waals surface area contributed by atoms with Crippen LogP contribution in [0.15, 0.2) is 71.6 Å². The van der Waals surface area contributed by atoms with E-state index in [1.54, 1.807) is 4.90 Å². The van der Waals surface area contributed by atoms with Gasteiger partial charge in [0.25, 0.3) is 0 Å². The molecule has 2 aliphatic rings. The van der Waals surface area contributed by atoms with Gasteiger partial charge in [-0.25, -0.2) is 8.42 Å². The summed E-state index contributed by atoms with van der Waals surface area (Å²) in [5, 5.41) is 0.630. The van der Waals surface area contributed by atoms with Crippen LogP contribution in [0.2, 0.25) is 5.02 Å². The molecule has 0 spiro atoms. The van der Waals surface area contributed by atoms with Crippen LogP contribution in [0.5, 0.6) is 0 Å². The molecule has 0 saturated carbocycles.